The van der Waals surface area contributed by atoms with E-state index in [4.69, 9.17) is 9.47 Å². The van der Waals surface area contributed by atoms with Gasteiger partial charge in [0.05, 0.1) is 0 Å². The van der Waals surface area contributed by atoms with E-state index < -0.39 is 0 Å². The summed E-state index contributed by atoms with van der Waals surface area (Å²) in [6.45, 7) is 1.15. The summed E-state index contributed by atoms with van der Waals surface area (Å²) in [6, 6.07) is 9.60. The Bertz CT molecular complexity index is 814. The lowest BCUT2D eigenvalue weighted by atomic mass is 10.2. The van der Waals surface area contributed by atoms with Crippen LogP contribution in [0.2, 0.25) is 0 Å². The molecule has 0 fully saturated rings. The van der Waals surface area contributed by atoms with Gasteiger partial charge in [-0.3, -0.25) is 4.98 Å². The highest BCUT2D eigenvalue weighted by Gasteiger charge is 2.16. The van der Waals surface area contributed by atoms with Crippen LogP contribution in [0.25, 0.3) is 22.8 Å². The smallest absolute Gasteiger partial charge is 0.181 e. The van der Waals surface area contributed by atoms with E-state index in [1.54, 1.807) is 17.1 Å². The molecule has 6 nitrogen and oxygen atoms in total. The van der Waals surface area contributed by atoms with Crippen molar-refractivity contribution in [3.63, 3.8) is 0 Å². The van der Waals surface area contributed by atoms with E-state index in [1.165, 1.54) is 0 Å². The largest absolute Gasteiger partial charge is 0.486 e. The van der Waals surface area contributed by atoms with Crippen LogP contribution in [0.3, 0.4) is 0 Å². The molecule has 3 heterocycles. The summed E-state index contributed by atoms with van der Waals surface area (Å²) in [6.07, 6.45) is 3.46. The maximum Gasteiger partial charge on any atom is 0.181 e. The van der Waals surface area contributed by atoms with E-state index in [9.17, 15) is 0 Å². The lowest BCUT2D eigenvalue weighted by Crippen LogP contribution is -2.15. The molecule has 0 unspecified atom stereocenters. The van der Waals surface area contributed by atoms with Crippen molar-refractivity contribution in [1.82, 2.24) is 19.7 Å². The van der Waals surface area contributed by atoms with Crippen LogP contribution < -0.4 is 9.47 Å². The van der Waals surface area contributed by atoms with Crippen molar-refractivity contribution in [3.8, 4) is 34.3 Å². The van der Waals surface area contributed by atoms with Gasteiger partial charge in [0.2, 0.25) is 0 Å². The molecule has 0 N–H and O–H groups in total. The molecule has 6 heteroatoms. The summed E-state index contributed by atoms with van der Waals surface area (Å²) < 4.78 is 12.9. The highest BCUT2D eigenvalue weighted by molar-refractivity contribution is 5.64. The van der Waals surface area contributed by atoms with Crippen LogP contribution in [-0.4, -0.2) is 33.0 Å². The van der Waals surface area contributed by atoms with Gasteiger partial charge in [0.15, 0.2) is 23.1 Å². The predicted octanol–water partition coefficient (Wildman–Crippen LogP) is 2.32. The molecule has 1 aliphatic heterocycles. The van der Waals surface area contributed by atoms with Crippen molar-refractivity contribution in [2.45, 2.75) is 0 Å². The maximum absolute atomic E-state index is 5.63. The highest BCUT2D eigenvalue weighted by atomic mass is 16.6. The Morgan fingerprint density at radius 1 is 0.955 bits per heavy atom. The number of fused-ring (bicyclic) bond motifs is 1. The molecular weight excluding hydrogens is 280 g/mol. The Morgan fingerprint density at radius 2 is 1.73 bits per heavy atom. The van der Waals surface area contributed by atoms with Gasteiger partial charge in [-0.15, -0.1) is 0 Å². The molecule has 4 rings (SSSR count). The molecule has 3 aromatic rings. The third-order valence-electron chi connectivity index (χ3n) is 3.50. The normalized spacial score (nSPS) is 13.1. The highest BCUT2D eigenvalue weighted by Crippen LogP contribution is 2.34. The number of rotatable bonds is 2. The third kappa shape index (κ3) is 2.18. The Hall–Kier alpha value is -2.89. The summed E-state index contributed by atoms with van der Waals surface area (Å²) in [7, 11) is 1.88. The second-order valence-electron chi connectivity index (χ2n) is 4.98. The molecule has 0 amide bonds. The van der Waals surface area contributed by atoms with Crippen LogP contribution in [0.5, 0.6) is 11.5 Å². The van der Waals surface area contributed by atoms with Crippen LogP contribution in [0, 0.1) is 0 Å². The Labute approximate surface area is 127 Å². The molecule has 0 bridgehead atoms. The van der Waals surface area contributed by atoms with Crippen LogP contribution >= 0.6 is 0 Å². The zero-order chi connectivity index (χ0) is 14.9. The first-order valence-electron chi connectivity index (χ1n) is 7.03. The van der Waals surface area contributed by atoms with Gasteiger partial charge in [-0.2, -0.15) is 5.10 Å². The van der Waals surface area contributed by atoms with Gasteiger partial charge in [0, 0.05) is 30.6 Å². The van der Waals surface area contributed by atoms with Crippen LogP contribution in [0.4, 0.5) is 0 Å². The van der Waals surface area contributed by atoms with E-state index >= 15 is 0 Å². The van der Waals surface area contributed by atoms with Crippen LogP contribution in [0.15, 0.2) is 42.7 Å². The summed E-state index contributed by atoms with van der Waals surface area (Å²) >= 11 is 0. The third-order valence-corrected chi connectivity index (χ3v) is 3.50. The first kappa shape index (κ1) is 12.8. The van der Waals surface area contributed by atoms with Crippen molar-refractivity contribution in [3.05, 3.63) is 42.7 Å². The molecule has 2 aromatic heterocycles. The second kappa shape index (κ2) is 5.14. The molecule has 0 spiro atoms. The number of aryl methyl sites for hydroxylation is 1. The maximum atomic E-state index is 5.63. The van der Waals surface area contributed by atoms with Crippen molar-refractivity contribution in [2.75, 3.05) is 13.2 Å². The molecule has 1 aliphatic rings. The lowest BCUT2D eigenvalue weighted by Gasteiger charge is -2.18. The number of aromatic nitrogens is 4. The number of hydrogen-bond acceptors (Lipinski definition) is 5. The van der Waals surface area contributed by atoms with Gasteiger partial charge < -0.3 is 9.47 Å². The average Bonchev–Trinajstić information content (AvgIpc) is 2.97. The Morgan fingerprint density at radius 3 is 2.55 bits per heavy atom. The summed E-state index contributed by atoms with van der Waals surface area (Å²) in [4.78, 5) is 8.64. The number of ether oxygens (including phenoxy) is 2. The van der Waals surface area contributed by atoms with E-state index in [0.717, 1.165) is 28.5 Å². The predicted molar refractivity (Wildman–Crippen MR) is 80.7 cm³/mol. The Kier molecular flexibility index (Phi) is 3.00. The first-order valence-corrected chi connectivity index (χ1v) is 7.03. The van der Waals surface area contributed by atoms with Gasteiger partial charge in [-0.25, -0.2) is 9.67 Å². The van der Waals surface area contributed by atoms with Gasteiger partial charge in [0.1, 0.15) is 13.2 Å². The van der Waals surface area contributed by atoms with Crippen molar-refractivity contribution in [2.24, 2.45) is 7.05 Å². The van der Waals surface area contributed by atoms with Crippen molar-refractivity contribution < 1.29 is 9.47 Å². The fraction of sp³-hybridized carbons (Fsp3) is 0.188. The molecule has 110 valence electrons. The zero-order valence-corrected chi connectivity index (χ0v) is 12.1. The van der Waals surface area contributed by atoms with Gasteiger partial charge in [-0.1, -0.05) is 0 Å². The van der Waals surface area contributed by atoms with Gasteiger partial charge in [0.25, 0.3) is 0 Å². The standard InChI is InChI=1S/C16H14N4O2/c1-20-16(18-15(19-20)11-4-6-17-7-5-11)12-2-3-13-14(10-12)22-9-8-21-13/h2-7,10H,8-9H2,1H3. The van der Waals surface area contributed by atoms with E-state index in [1.807, 2.05) is 37.4 Å². The molecule has 0 aliphatic carbocycles. The number of pyridine rings is 1. The molecule has 0 saturated heterocycles. The van der Waals surface area contributed by atoms with Gasteiger partial charge in [-0.05, 0) is 30.3 Å². The van der Waals surface area contributed by atoms with Crippen LogP contribution in [-0.2, 0) is 7.05 Å². The molecule has 0 radical (unpaired) electrons. The van der Waals surface area contributed by atoms with E-state index in [0.29, 0.717) is 19.0 Å². The molecule has 22 heavy (non-hydrogen) atoms. The number of benzene rings is 1. The molecule has 1 aromatic carbocycles. The minimum atomic E-state index is 0.567. The molecule has 0 atom stereocenters. The molecular formula is C16H14N4O2. The van der Waals surface area contributed by atoms with Crippen molar-refractivity contribution in [1.29, 1.82) is 0 Å². The monoisotopic (exact) mass is 294 g/mol. The summed E-state index contributed by atoms with van der Waals surface area (Å²) in [5.74, 6) is 2.97. The topological polar surface area (TPSA) is 62.1 Å². The quantitative estimate of drug-likeness (QED) is 0.726. The minimum Gasteiger partial charge on any atom is -0.486 e. The average molecular weight is 294 g/mol. The SMILES string of the molecule is Cn1nc(-c2ccncc2)nc1-c1ccc2c(c1)OCCO2. The van der Waals surface area contributed by atoms with Crippen molar-refractivity contribution >= 4 is 0 Å². The first-order chi connectivity index (χ1) is 10.8. The number of hydrogen-bond donors (Lipinski definition) is 0. The van der Waals surface area contributed by atoms with Crippen LogP contribution in [0.1, 0.15) is 0 Å². The molecule has 0 saturated carbocycles. The Balaban J connectivity index is 1.75. The lowest BCUT2D eigenvalue weighted by molar-refractivity contribution is 0.171. The van der Waals surface area contributed by atoms with Gasteiger partial charge >= 0.3 is 0 Å². The minimum absolute atomic E-state index is 0.567. The fourth-order valence-corrected chi connectivity index (χ4v) is 2.44. The van der Waals surface area contributed by atoms with E-state index in [-0.39, 0.29) is 0 Å². The zero-order valence-electron chi connectivity index (χ0n) is 12.1. The summed E-state index contributed by atoms with van der Waals surface area (Å²) in [5.41, 5.74) is 1.88. The fourth-order valence-electron chi connectivity index (χ4n) is 2.44. The van der Waals surface area contributed by atoms with E-state index in [2.05, 4.69) is 15.1 Å². The summed E-state index contributed by atoms with van der Waals surface area (Å²) in [5, 5.41) is 4.48. The second-order valence-corrected chi connectivity index (χ2v) is 4.98. The number of nitrogens with zero attached hydrogens (tertiary/aromatic N) is 4.